The standard InChI is InChI=1S/C12H11BrO2/c1-15-12-6-5-10(4-2-3-7-13)8-11(12)9-14/h5-6,8-9H,3,7H2,1H3. The van der Waals surface area contributed by atoms with Crippen LogP contribution in [0, 0.1) is 11.8 Å². The Kier molecular flexibility index (Phi) is 4.92. The van der Waals surface area contributed by atoms with Crippen LogP contribution >= 0.6 is 15.9 Å². The van der Waals surface area contributed by atoms with Crippen molar-refractivity contribution in [1.29, 1.82) is 0 Å². The van der Waals surface area contributed by atoms with Crippen LogP contribution in [0.25, 0.3) is 0 Å². The smallest absolute Gasteiger partial charge is 0.153 e. The predicted molar refractivity (Wildman–Crippen MR) is 63.7 cm³/mol. The average molecular weight is 267 g/mol. The van der Waals surface area contributed by atoms with Gasteiger partial charge in [0, 0.05) is 17.3 Å². The SMILES string of the molecule is COc1ccc(C#CCCBr)cc1C=O. The van der Waals surface area contributed by atoms with Gasteiger partial charge in [0.1, 0.15) is 5.75 Å². The zero-order valence-corrected chi connectivity index (χ0v) is 10.0. The first-order valence-corrected chi connectivity index (χ1v) is 5.62. The van der Waals surface area contributed by atoms with Crippen LogP contribution in [0.1, 0.15) is 22.3 Å². The van der Waals surface area contributed by atoms with E-state index in [0.29, 0.717) is 11.3 Å². The minimum Gasteiger partial charge on any atom is -0.496 e. The van der Waals surface area contributed by atoms with Crippen molar-refractivity contribution < 1.29 is 9.53 Å². The third-order valence-electron chi connectivity index (χ3n) is 1.81. The summed E-state index contributed by atoms with van der Waals surface area (Å²) in [6, 6.07) is 5.32. The van der Waals surface area contributed by atoms with Crippen LogP contribution in [-0.2, 0) is 0 Å². The first kappa shape index (κ1) is 11.8. The lowest BCUT2D eigenvalue weighted by molar-refractivity contribution is 0.112. The molecule has 0 fully saturated rings. The van der Waals surface area contributed by atoms with Crippen molar-refractivity contribution in [3.63, 3.8) is 0 Å². The van der Waals surface area contributed by atoms with Crippen LogP contribution in [0.4, 0.5) is 0 Å². The van der Waals surface area contributed by atoms with E-state index in [1.165, 1.54) is 0 Å². The number of methoxy groups -OCH3 is 1. The van der Waals surface area contributed by atoms with E-state index in [9.17, 15) is 4.79 Å². The van der Waals surface area contributed by atoms with Gasteiger partial charge in [0.15, 0.2) is 6.29 Å². The number of carbonyl (C=O) groups excluding carboxylic acids is 1. The molecular weight excluding hydrogens is 256 g/mol. The third kappa shape index (κ3) is 3.41. The van der Waals surface area contributed by atoms with Gasteiger partial charge in [-0.3, -0.25) is 4.79 Å². The molecule has 3 heteroatoms. The number of rotatable bonds is 3. The first-order chi connectivity index (χ1) is 7.31. The number of halogens is 1. The number of carbonyl (C=O) groups is 1. The quantitative estimate of drug-likeness (QED) is 0.478. The van der Waals surface area contributed by atoms with E-state index in [1.54, 1.807) is 19.2 Å². The maximum Gasteiger partial charge on any atom is 0.153 e. The highest BCUT2D eigenvalue weighted by Crippen LogP contribution is 2.17. The molecule has 0 amide bonds. The van der Waals surface area contributed by atoms with Crippen molar-refractivity contribution in [1.82, 2.24) is 0 Å². The number of hydrogen-bond donors (Lipinski definition) is 0. The summed E-state index contributed by atoms with van der Waals surface area (Å²) in [7, 11) is 1.54. The number of ether oxygens (including phenoxy) is 1. The van der Waals surface area contributed by atoms with Crippen molar-refractivity contribution in [3.05, 3.63) is 29.3 Å². The van der Waals surface area contributed by atoms with Gasteiger partial charge in [-0.15, -0.1) is 0 Å². The van der Waals surface area contributed by atoms with E-state index in [0.717, 1.165) is 23.6 Å². The zero-order valence-electron chi connectivity index (χ0n) is 8.42. The fourth-order valence-electron chi connectivity index (χ4n) is 1.12. The topological polar surface area (TPSA) is 26.3 Å². The predicted octanol–water partition coefficient (Wildman–Crippen LogP) is 2.64. The van der Waals surface area contributed by atoms with Gasteiger partial charge in [-0.25, -0.2) is 0 Å². The molecule has 0 aliphatic rings. The highest BCUT2D eigenvalue weighted by molar-refractivity contribution is 9.09. The third-order valence-corrected chi connectivity index (χ3v) is 2.21. The molecule has 0 spiro atoms. The minimum atomic E-state index is 0.531. The Morgan fingerprint density at radius 3 is 2.93 bits per heavy atom. The normalized spacial score (nSPS) is 8.93. The summed E-state index contributed by atoms with van der Waals surface area (Å²) < 4.78 is 5.03. The number of aldehydes is 1. The van der Waals surface area contributed by atoms with Gasteiger partial charge in [0.2, 0.25) is 0 Å². The summed E-state index contributed by atoms with van der Waals surface area (Å²) in [5.74, 6) is 6.54. The molecule has 78 valence electrons. The number of benzene rings is 1. The van der Waals surface area contributed by atoms with E-state index >= 15 is 0 Å². The Morgan fingerprint density at radius 2 is 2.33 bits per heavy atom. The molecule has 0 unspecified atom stereocenters. The molecule has 0 radical (unpaired) electrons. The summed E-state index contributed by atoms with van der Waals surface area (Å²) in [5, 5.41) is 0.858. The number of hydrogen-bond acceptors (Lipinski definition) is 2. The van der Waals surface area contributed by atoms with Gasteiger partial charge in [0.05, 0.1) is 12.7 Å². The Balaban J connectivity index is 2.94. The van der Waals surface area contributed by atoms with Gasteiger partial charge in [-0.05, 0) is 18.2 Å². The lowest BCUT2D eigenvalue weighted by Crippen LogP contribution is -1.90. The fraction of sp³-hybridized carbons (Fsp3) is 0.250. The van der Waals surface area contributed by atoms with Crippen LogP contribution < -0.4 is 4.74 Å². The Hall–Kier alpha value is -1.27. The summed E-state index contributed by atoms with van der Waals surface area (Å²) in [5.41, 5.74) is 1.36. The maximum atomic E-state index is 10.7. The van der Waals surface area contributed by atoms with Crippen LogP contribution in [0.15, 0.2) is 18.2 Å². The van der Waals surface area contributed by atoms with Gasteiger partial charge in [0.25, 0.3) is 0 Å². The molecule has 1 rings (SSSR count). The molecular formula is C12H11BrO2. The molecule has 0 heterocycles. The summed E-state index contributed by atoms with van der Waals surface area (Å²) in [4.78, 5) is 10.7. The number of alkyl halides is 1. The molecule has 0 saturated heterocycles. The largest absolute Gasteiger partial charge is 0.496 e. The summed E-state index contributed by atoms with van der Waals surface area (Å²) >= 11 is 3.30. The molecule has 0 bridgehead atoms. The molecule has 0 aliphatic carbocycles. The lowest BCUT2D eigenvalue weighted by atomic mass is 10.1. The molecule has 1 aromatic rings. The fourth-order valence-corrected chi connectivity index (χ4v) is 1.31. The van der Waals surface area contributed by atoms with Gasteiger partial charge < -0.3 is 4.74 Å². The Labute approximate surface area is 97.8 Å². The second kappa shape index (κ2) is 6.26. The second-order valence-electron chi connectivity index (χ2n) is 2.82. The van der Waals surface area contributed by atoms with E-state index < -0.39 is 0 Å². The van der Waals surface area contributed by atoms with Crippen molar-refractivity contribution in [2.45, 2.75) is 6.42 Å². The molecule has 0 atom stereocenters. The van der Waals surface area contributed by atoms with Crippen LogP contribution in [0.3, 0.4) is 0 Å². The van der Waals surface area contributed by atoms with Crippen molar-refractivity contribution in [3.8, 4) is 17.6 Å². The Morgan fingerprint density at radius 1 is 1.53 bits per heavy atom. The lowest BCUT2D eigenvalue weighted by Gasteiger charge is -2.02. The second-order valence-corrected chi connectivity index (χ2v) is 3.61. The molecule has 0 saturated carbocycles. The monoisotopic (exact) mass is 266 g/mol. The average Bonchev–Trinajstić information content (AvgIpc) is 2.29. The molecule has 1 aromatic carbocycles. The van der Waals surface area contributed by atoms with Crippen molar-refractivity contribution in [2.24, 2.45) is 0 Å². The molecule has 0 aromatic heterocycles. The summed E-state index contributed by atoms with van der Waals surface area (Å²) in [6.07, 6.45) is 1.57. The van der Waals surface area contributed by atoms with Crippen molar-refractivity contribution >= 4 is 22.2 Å². The van der Waals surface area contributed by atoms with E-state index in [4.69, 9.17) is 4.74 Å². The van der Waals surface area contributed by atoms with E-state index in [-0.39, 0.29) is 0 Å². The van der Waals surface area contributed by atoms with Crippen LogP contribution in [0.5, 0.6) is 5.75 Å². The van der Waals surface area contributed by atoms with E-state index in [1.807, 2.05) is 6.07 Å². The van der Waals surface area contributed by atoms with Crippen LogP contribution in [0.2, 0.25) is 0 Å². The highest BCUT2D eigenvalue weighted by atomic mass is 79.9. The molecule has 2 nitrogen and oxygen atoms in total. The zero-order chi connectivity index (χ0) is 11.1. The van der Waals surface area contributed by atoms with Crippen LogP contribution in [-0.4, -0.2) is 18.7 Å². The molecule has 0 N–H and O–H groups in total. The maximum absolute atomic E-state index is 10.7. The van der Waals surface area contributed by atoms with Crippen molar-refractivity contribution in [2.75, 3.05) is 12.4 Å². The Bertz CT molecular complexity index is 402. The van der Waals surface area contributed by atoms with Gasteiger partial charge >= 0.3 is 0 Å². The van der Waals surface area contributed by atoms with Gasteiger partial charge in [-0.1, -0.05) is 27.8 Å². The highest BCUT2D eigenvalue weighted by Gasteiger charge is 2.01. The van der Waals surface area contributed by atoms with E-state index in [2.05, 4.69) is 27.8 Å². The first-order valence-electron chi connectivity index (χ1n) is 4.50. The summed E-state index contributed by atoms with van der Waals surface area (Å²) in [6.45, 7) is 0. The van der Waals surface area contributed by atoms with Gasteiger partial charge in [-0.2, -0.15) is 0 Å². The minimum absolute atomic E-state index is 0.531. The molecule has 15 heavy (non-hydrogen) atoms. The molecule has 0 aliphatic heterocycles.